The Balaban J connectivity index is 1.94. The fraction of sp³-hybridized carbons (Fsp3) is 0.263. The molecule has 2 aromatic carbocycles. The Bertz CT molecular complexity index is 720. The van der Waals surface area contributed by atoms with Crippen molar-refractivity contribution < 1.29 is 19.1 Å². The van der Waals surface area contributed by atoms with E-state index in [9.17, 15) is 9.59 Å². The van der Waals surface area contributed by atoms with Crippen LogP contribution in [0.5, 0.6) is 5.75 Å². The highest BCUT2D eigenvalue weighted by Crippen LogP contribution is 2.16. The van der Waals surface area contributed by atoms with Crippen molar-refractivity contribution in [1.29, 1.82) is 0 Å². The van der Waals surface area contributed by atoms with E-state index in [4.69, 9.17) is 9.47 Å². The number of esters is 1. The van der Waals surface area contributed by atoms with Gasteiger partial charge in [0.1, 0.15) is 5.75 Å². The topological polar surface area (TPSA) is 64.6 Å². The largest absolute Gasteiger partial charge is 0.484 e. The molecule has 0 saturated heterocycles. The maximum Gasteiger partial charge on any atom is 0.338 e. The summed E-state index contributed by atoms with van der Waals surface area (Å²) in [7, 11) is 0. The Labute approximate surface area is 141 Å². The van der Waals surface area contributed by atoms with Crippen LogP contribution in [0.1, 0.15) is 28.4 Å². The fourth-order valence-corrected chi connectivity index (χ4v) is 2.30. The van der Waals surface area contributed by atoms with Crippen molar-refractivity contribution in [2.45, 2.75) is 20.8 Å². The van der Waals surface area contributed by atoms with Crippen LogP contribution in [0.15, 0.2) is 42.5 Å². The van der Waals surface area contributed by atoms with Crippen molar-refractivity contribution in [2.24, 2.45) is 0 Å². The maximum atomic E-state index is 12.0. The van der Waals surface area contributed by atoms with E-state index in [1.165, 1.54) is 0 Å². The molecule has 1 N–H and O–H groups in total. The quantitative estimate of drug-likeness (QED) is 0.825. The molecule has 5 nitrogen and oxygen atoms in total. The second-order valence-corrected chi connectivity index (χ2v) is 5.46. The second-order valence-electron chi connectivity index (χ2n) is 5.46. The minimum atomic E-state index is -0.417. The second kappa shape index (κ2) is 8.15. The number of amides is 1. The van der Waals surface area contributed by atoms with Gasteiger partial charge in [-0.2, -0.15) is 0 Å². The monoisotopic (exact) mass is 327 g/mol. The first-order valence-electron chi connectivity index (χ1n) is 7.76. The normalized spacial score (nSPS) is 10.1. The first-order chi connectivity index (χ1) is 11.5. The fourth-order valence-electron chi connectivity index (χ4n) is 2.30. The molecule has 0 aliphatic heterocycles. The number of rotatable bonds is 6. The number of carbonyl (C=O) groups excluding carboxylic acids is 2. The van der Waals surface area contributed by atoms with Crippen molar-refractivity contribution in [3.63, 3.8) is 0 Å². The number of nitrogens with one attached hydrogen (secondary N) is 1. The summed E-state index contributed by atoms with van der Waals surface area (Å²) in [5.41, 5.74) is 3.07. The zero-order valence-electron chi connectivity index (χ0n) is 14.1. The van der Waals surface area contributed by atoms with Gasteiger partial charge >= 0.3 is 5.97 Å². The number of carbonyl (C=O) groups is 2. The molecule has 0 aliphatic carbocycles. The predicted octanol–water partition coefficient (Wildman–Crippen LogP) is 3.50. The van der Waals surface area contributed by atoms with Crippen molar-refractivity contribution in [3.05, 3.63) is 59.2 Å². The molecular weight excluding hydrogens is 306 g/mol. The molecule has 0 aromatic heterocycles. The Morgan fingerprint density at radius 2 is 1.75 bits per heavy atom. The van der Waals surface area contributed by atoms with Crippen molar-refractivity contribution >= 4 is 17.6 Å². The summed E-state index contributed by atoms with van der Waals surface area (Å²) < 4.78 is 10.5. The average Bonchev–Trinajstić information content (AvgIpc) is 2.52. The summed E-state index contributed by atoms with van der Waals surface area (Å²) in [6.07, 6.45) is 0. The molecule has 0 unspecified atom stereocenters. The Morgan fingerprint density at radius 3 is 2.42 bits per heavy atom. The standard InChI is InChI=1S/C19H21NO4/c1-4-23-19(22)15-6-5-7-16(11-15)20-18(21)12-24-17-9-13(2)8-14(3)10-17/h5-11H,4,12H2,1-3H3,(H,20,21). The van der Waals surface area contributed by atoms with Crippen LogP contribution in [0.2, 0.25) is 0 Å². The van der Waals surface area contributed by atoms with Crippen molar-refractivity contribution in [2.75, 3.05) is 18.5 Å². The molecule has 24 heavy (non-hydrogen) atoms. The van der Waals surface area contributed by atoms with E-state index in [2.05, 4.69) is 5.32 Å². The van der Waals surface area contributed by atoms with Crippen molar-refractivity contribution in [3.8, 4) is 5.75 Å². The SMILES string of the molecule is CCOC(=O)c1cccc(NC(=O)COc2cc(C)cc(C)c2)c1. The molecule has 0 heterocycles. The van der Waals surface area contributed by atoms with Gasteiger partial charge in [0.2, 0.25) is 0 Å². The lowest BCUT2D eigenvalue weighted by atomic mass is 10.1. The number of benzene rings is 2. The smallest absolute Gasteiger partial charge is 0.338 e. The Morgan fingerprint density at radius 1 is 1.04 bits per heavy atom. The van der Waals surface area contributed by atoms with Gasteiger partial charge in [0.25, 0.3) is 5.91 Å². The molecule has 0 aliphatic rings. The number of hydrogen-bond acceptors (Lipinski definition) is 4. The van der Waals surface area contributed by atoms with Gasteiger partial charge in [-0.15, -0.1) is 0 Å². The summed E-state index contributed by atoms with van der Waals surface area (Å²) in [6, 6.07) is 12.4. The summed E-state index contributed by atoms with van der Waals surface area (Å²) in [4.78, 5) is 23.7. The van der Waals surface area contributed by atoms with Gasteiger partial charge in [-0.1, -0.05) is 12.1 Å². The van der Waals surface area contributed by atoms with Crippen LogP contribution in [0, 0.1) is 13.8 Å². The predicted molar refractivity (Wildman–Crippen MR) is 92.4 cm³/mol. The minimum Gasteiger partial charge on any atom is -0.484 e. The summed E-state index contributed by atoms with van der Waals surface area (Å²) in [5.74, 6) is -0.0572. The maximum absolute atomic E-state index is 12.0. The van der Waals surface area contributed by atoms with Crippen LogP contribution in [0.25, 0.3) is 0 Å². The molecule has 2 aromatic rings. The van der Waals surface area contributed by atoms with Crippen molar-refractivity contribution in [1.82, 2.24) is 0 Å². The van der Waals surface area contributed by atoms with Crippen LogP contribution in [0.3, 0.4) is 0 Å². The first-order valence-corrected chi connectivity index (χ1v) is 7.76. The molecule has 1 amide bonds. The molecule has 126 valence electrons. The zero-order chi connectivity index (χ0) is 17.5. The van der Waals surface area contributed by atoms with Crippen LogP contribution >= 0.6 is 0 Å². The van der Waals surface area contributed by atoms with Gasteiger partial charge in [0.15, 0.2) is 6.61 Å². The number of hydrogen-bond donors (Lipinski definition) is 1. The van der Waals surface area contributed by atoms with Crippen LogP contribution < -0.4 is 10.1 Å². The summed E-state index contributed by atoms with van der Waals surface area (Å²) >= 11 is 0. The first kappa shape index (κ1) is 17.5. The number of ether oxygens (including phenoxy) is 2. The molecule has 2 rings (SSSR count). The van der Waals surface area contributed by atoms with E-state index in [0.717, 1.165) is 11.1 Å². The van der Waals surface area contributed by atoms with E-state index in [1.807, 2.05) is 32.0 Å². The minimum absolute atomic E-state index is 0.105. The number of anilines is 1. The lowest BCUT2D eigenvalue weighted by Crippen LogP contribution is -2.20. The zero-order valence-corrected chi connectivity index (χ0v) is 14.1. The third kappa shape index (κ3) is 5.12. The molecule has 5 heteroatoms. The van der Waals surface area contributed by atoms with Gasteiger partial charge in [-0.3, -0.25) is 4.79 Å². The van der Waals surface area contributed by atoms with E-state index < -0.39 is 5.97 Å². The third-order valence-corrected chi connectivity index (χ3v) is 3.22. The van der Waals surface area contributed by atoms with Crippen LogP contribution in [-0.4, -0.2) is 25.1 Å². The number of aryl methyl sites for hydroxylation is 2. The lowest BCUT2D eigenvalue weighted by Gasteiger charge is -2.10. The van der Waals surface area contributed by atoms with Gasteiger partial charge in [-0.05, 0) is 62.2 Å². The molecule has 0 radical (unpaired) electrons. The summed E-state index contributed by atoms with van der Waals surface area (Å²) in [5, 5.41) is 2.71. The van der Waals surface area contributed by atoms with Crippen LogP contribution in [-0.2, 0) is 9.53 Å². The highest BCUT2D eigenvalue weighted by molar-refractivity contribution is 5.95. The molecule has 0 fully saturated rings. The van der Waals surface area contributed by atoms with Gasteiger partial charge in [0.05, 0.1) is 12.2 Å². The molecule has 0 bridgehead atoms. The van der Waals surface area contributed by atoms with Gasteiger partial charge in [-0.25, -0.2) is 4.79 Å². The summed E-state index contributed by atoms with van der Waals surface area (Å²) in [6.45, 7) is 5.89. The molecule has 0 spiro atoms. The van der Waals surface area contributed by atoms with E-state index in [0.29, 0.717) is 23.6 Å². The van der Waals surface area contributed by atoms with E-state index >= 15 is 0 Å². The molecule has 0 atom stereocenters. The highest BCUT2D eigenvalue weighted by atomic mass is 16.5. The lowest BCUT2D eigenvalue weighted by molar-refractivity contribution is -0.118. The Kier molecular flexibility index (Phi) is 5.95. The van der Waals surface area contributed by atoms with Gasteiger partial charge < -0.3 is 14.8 Å². The van der Waals surface area contributed by atoms with Crippen LogP contribution in [0.4, 0.5) is 5.69 Å². The molecular formula is C19H21NO4. The van der Waals surface area contributed by atoms with E-state index in [-0.39, 0.29) is 12.5 Å². The molecule has 0 saturated carbocycles. The Hall–Kier alpha value is -2.82. The third-order valence-electron chi connectivity index (χ3n) is 3.22. The van der Waals surface area contributed by atoms with E-state index in [1.54, 1.807) is 31.2 Å². The van der Waals surface area contributed by atoms with Gasteiger partial charge in [0, 0.05) is 5.69 Å². The highest BCUT2D eigenvalue weighted by Gasteiger charge is 2.09. The average molecular weight is 327 g/mol.